The first-order chi connectivity index (χ1) is 22.6. The van der Waals surface area contributed by atoms with Gasteiger partial charge in [-0.1, -0.05) is 71.4 Å². The quantitative estimate of drug-likeness (QED) is 0.218. The van der Waals surface area contributed by atoms with E-state index in [1.807, 2.05) is 70.0 Å². The maximum absolute atomic E-state index is 13.8. The van der Waals surface area contributed by atoms with E-state index < -0.39 is 35.9 Å². The molecule has 1 aromatic heterocycles. The molecule has 2 heterocycles. The number of nitrogens with zero attached hydrogens (tertiary/aromatic N) is 3. The molecule has 1 aromatic carbocycles. The number of carboxylic acid groups (broad SMARTS) is 1. The van der Waals surface area contributed by atoms with Gasteiger partial charge in [0.25, 0.3) is 5.91 Å². The number of rotatable bonds is 16. The summed E-state index contributed by atoms with van der Waals surface area (Å²) >= 11 is 1.13. The van der Waals surface area contributed by atoms with Crippen LogP contribution in [0.3, 0.4) is 0 Å². The zero-order valence-electron chi connectivity index (χ0n) is 29.6. The Balaban J connectivity index is 1.73. The van der Waals surface area contributed by atoms with Crippen molar-refractivity contribution in [3.63, 3.8) is 0 Å². The van der Waals surface area contributed by atoms with Crippen LogP contribution in [0.1, 0.15) is 97.5 Å². The van der Waals surface area contributed by atoms with Gasteiger partial charge in [-0.05, 0) is 63.6 Å². The summed E-state index contributed by atoms with van der Waals surface area (Å²) in [6, 6.07) is 7.60. The molecule has 1 aliphatic heterocycles. The number of likely N-dealkylation sites (N-methyl/N-ethyl adjacent to an activating group) is 2. The number of thiazole rings is 1. The molecule has 11 nitrogen and oxygen atoms in total. The van der Waals surface area contributed by atoms with Crippen molar-refractivity contribution in [3.8, 4) is 0 Å². The number of hydrogen-bond acceptors (Lipinski definition) is 8. The molecule has 0 aliphatic carbocycles. The van der Waals surface area contributed by atoms with Gasteiger partial charge in [-0.25, -0.2) is 4.98 Å². The van der Waals surface area contributed by atoms with E-state index in [1.165, 1.54) is 0 Å². The lowest BCUT2D eigenvalue weighted by Gasteiger charge is -2.36. The minimum Gasteiger partial charge on any atom is -0.481 e. The van der Waals surface area contributed by atoms with Crippen molar-refractivity contribution in [1.29, 1.82) is 0 Å². The Morgan fingerprint density at radius 2 is 1.69 bits per heavy atom. The molecular formula is C36H53N5O6S. The molecule has 1 aliphatic rings. The van der Waals surface area contributed by atoms with Crippen LogP contribution >= 0.6 is 11.3 Å². The van der Waals surface area contributed by atoms with Crippen LogP contribution in [0.5, 0.6) is 0 Å². The van der Waals surface area contributed by atoms with Crippen molar-refractivity contribution < 1.29 is 29.1 Å². The van der Waals surface area contributed by atoms with Gasteiger partial charge in [0.2, 0.25) is 11.8 Å². The van der Waals surface area contributed by atoms with Gasteiger partial charge in [0.15, 0.2) is 10.8 Å². The number of benzene rings is 1. The highest BCUT2D eigenvalue weighted by molar-refractivity contribution is 7.13. The fraction of sp³-hybridized carbons (Fsp3) is 0.611. The fourth-order valence-corrected chi connectivity index (χ4v) is 7.11. The number of carboxylic acids is 1. The third-order valence-electron chi connectivity index (χ3n) is 9.28. The Hall–Kier alpha value is -3.64. The molecule has 1 unspecified atom stereocenters. The van der Waals surface area contributed by atoms with Crippen molar-refractivity contribution in [3.05, 3.63) is 51.5 Å². The van der Waals surface area contributed by atoms with E-state index in [0.29, 0.717) is 11.3 Å². The molecule has 12 heteroatoms. The standard InChI is InChI=1S/C36H53N5O6S/c1-21(2)28(41(8)35(45)30(22(3)4)38-32(43)27-16-12-13-17-40(27)7)20-29(42)34-39-31(24(6)48-34)33(44)37-26(18-23(5)36(46)47)19-25-14-10-9-11-15-25/h9-11,14-15,21-23,26-28,30H,12-13,16-20H2,1-8H3,(H,37,44)(H,38,43)(H,46,47)/t23-,26+,27+,28?,30-/m0/s1. The monoisotopic (exact) mass is 683 g/mol. The summed E-state index contributed by atoms with van der Waals surface area (Å²) in [5.41, 5.74) is 1.09. The maximum Gasteiger partial charge on any atom is 0.306 e. The van der Waals surface area contributed by atoms with Gasteiger partial charge in [-0.2, -0.15) is 0 Å². The highest BCUT2D eigenvalue weighted by atomic mass is 32.1. The lowest BCUT2D eigenvalue weighted by Crippen LogP contribution is -2.57. The lowest BCUT2D eigenvalue weighted by molar-refractivity contribution is -0.141. The second kappa shape index (κ2) is 17.7. The van der Waals surface area contributed by atoms with Crippen LogP contribution in [0.4, 0.5) is 0 Å². The van der Waals surface area contributed by atoms with Crippen LogP contribution in [-0.2, 0) is 20.8 Å². The molecule has 1 saturated heterocycles. The van der Waals surface area contributed by atoms with Crippen LogP contribution in [0.2, 0.25) is 0 Å². The van der Waals surface area contributed by atoms with Crippen molar-refractivity contribution in [2.45, 2.75) is 104 Å². The molecule has 0 bridgehead atoms. The number of nitrogens with one attached hydrogen (secondary N) is 2. The number of aromatic nitrogens is 1. The van der Waals surface area contributed by atoms with E-state index >= 15 is 0 Å². The number of hydrogen-bond donors (Lipinski definition) is 3. The number of piperidine rings is 1. The van der Waals surface area contributed by atoms with Gasteiger partial charge in [0, 0.05) is 30.4 Å². The second-order valence-electron chi connectivity index (χ2n) is 13.9. The molecule has 264 valence electrons. The van der Waals surface area contributed by atoms with E-state index in [1.54, 1.807) is 25.8 Å². The minimum absolute atomic E-state index is 0.00476. The zero-order valence-corrected chi connectivity index (χ0v) is 30.4. The van der Waals surface area contributed by atoms with E-state index in [0.717, 1.165) is 42.7 Å². The van der Waals surface area contributed by atoms with Crippen molar-refractivity contribution >= 4 is 40.8 Å². The second-order valence-corrected chi connectivity index (χ2v) is 15.1. The number of ketones is 1. The summed E-state index contributed by atoms with van der Waals surface area (Å²) in [6.07, 6.45) is 3.46. The first-order valence-electron chi connectivity index (χ1n) is 17.0. The van der Waals surface area contributed by atoms with Crippen molar-refractivity contribution in [1.82, 2.24) is 25.4 Å². The number of aryl methyl sites for hydroxylation is 1. The molecule has 48 heavy (non-hydrogen) atoms. The Bertz CT molecular complexity index is 1430. The van der Waals surface area contributed by atoms with Crippen LogP contribution in [-0.4, -0.2) is 94.2 Å². The summed E-state index contributed by atoms with van der Waals surface area (Å²) in [7, 11) is 3.60. The Labute approximate surface area is 288 Å². The molecule has 3 amide bonds. The van der Waals surface area contributed by atoms with Gasteiger partial charge in [0.1, 0.15) is 11.7 Å². The van der Waals surface area contributed by atoms with Crippen molar-refractivity contribution in [2.75, 3.05) is 20.6 Å². The lowest BCUT2D eigenvalue weighted by atomic mass is 9.94. The SMILES string of the molecule is Cc1sc(C(=O)CC(C(C)C)N(C)C(=O)[C@@H](NC(=O)[C@H]2CCCCN2C)C(C)C)nc1C(=O)N[C@@H](Cc1ccccc1)C[C@H](C)C(=O)O. The largest absolute Gasteiger partial charge is 0.481 e. The number of aliphatic carboxylic acids is 1. The summed E-state index contributed by atoms with van der Waals surface area (Å²) in [6.45, 7) is 11.9. The fourth-order valence-electron chi connectivity index (χ4n) is 6.25. The third kappa shape index (κ3) is 10.4. The summed E-state index contributed by atoms with van der Waals surface area (Å²) in [5.74, 6) is -2.99. The summed E-state index contributed by atoms with van der Waals surface area (Å²) in [5, 5.41) is 15.6. The molecule has 3 rings (SSSR count). The third-order valence-corrected chi connectivity index (χ3v) is 10.3. The number of amides is 3. The van der Waals surface area contributed by atoms with Gasteiger partial charge >= 0.3 is 5.97 Å². The van der Waals surface area contributed by atoms with E-state index in [-0.39, 0.29) is 59.0 Å². The Kier molecular flexibility index (Phi) is 14.3. The number of carbonyl (C=O) groups excluding carboxylic acids is 4. The Morgan fingerprint density at radius 1 is 1.02 bits per heavy atom. The van der Waals surface area contributed by atoms with E-state index in [2.05, 4.69) is 15.6 Å². The molecular weight excluding hydrogens is 630 g/mol. The topological polar surface area (TPSA) is 149 Å². The van der Waals surface area contributed by atoms with Crippen molar-refractivity contribution in [2.24, 2.45) is 17.8 Å². The Morgan fingerprint density at radius 3 is 2.27 bits per heavy atom. The molecule has 3 N–H and O–H groups in total. The van der Waals surface area contributed by atoms with Gasteiger partial charge in [-0.3, -0.25) is 28.9 Å². The highest BCUT2D eigenvalue weighted by Gasteiger charge is 2.36. The number of Topliss-reactive ketones (excluding diaryl/α,β-unsaturated/α-hetero) is 1. The average molecular weight is 684 g/mol. The van der Waals surface area contributed by atoms with Crippen LogP contribution in [0.25, 0.3) is 0 Å². The van der Waals surface area contributed by atoms with Gasteiger partial charge in [0.05, 0.1) is 12.0 Å². The van der Waals surface area contributed by atoms with Crippen LogP contribution < -0.4 is 10.6 Å². The number of likely N-dealkylation sites (tertiary alicyclic amines) is 1. The van der Waals surface area contributed by atoms with E-state index in [4.69, 9.17) is 0 Å². The first kappa shape index (κ1) is 38.8. The summed E-state index contributed by atoms with van der Waals surface area (Å²) < 4.78 is 0. The van der Waals surface area contributed by atoms with E-state index in [9.17, 15) is 29.1 Å². The zero-order chi connectivity index (χ0) is 35.7. The molecule has 2 aromatic rings. The maximum atomic E-state index is 13.8. The van der Waals surface area contributed by atoms with Gasteiger partial charge < -0.3 is 20.6 Å². The summed E-state index contributed by atoms with van der Waals surface area (Å²) in [4.78, 5) is 74.3. The van der Waals surface area contributed by atoms with Gasteiger partial charge in [-0.15, -0.1) is 11.3 Å². The predicted octanol–water partition coefficient (Wildman–Crippen LogP) is 4.58. The van der Waals surface area contributed by atoms with Crippen LogP contribution in [0, 0.1) is 24.7 Å². The highest BCUT2D eigenvalue weighted by Crippen LogP contribution is 2.24. The predicted molar refractivity (Wildman–Crippen MR) is 187 cm³/mol. The first-order valence-corrected chi connectivity index (χ1v) is 17.8. The van der Waals surface area contributed by atoms with Crippen LogP contribution in [0.15, 0.2) is 30.3 Å². The normalized spacial score (nSPS) is 17.8. The number of carbonyl (C=O) groups is 5. The molecule has 0 spiro atoms. The molecule has 5 atom stereocenters. The molecule has 0 saturated carbocycles. The molecule has 1 fully saturated rings. The average Bonchev–Trinajstić information content (AvgIpc) is 3.43. The smallest absolute Gasteiger partial charge is 0.306 e. The molecule has 0 radical (unpaired) electrons. The minimum atomic E-state index is -0.942.